The summed E-state index contributed by atoms with van der Waals surface area (Å²) in [5, 5.41) is 11.6. The second-order valence-corrected chi connectivity index (χ2v) is 5.22. The van der Waals surface area contributed by atoms with Gasteiger partial charge in [-0.15, -0.1) is 0 Å². The number of nitrogens with one attached hydrogen (secondary N) is 1. The first-order valence-corrected chi connectivity index (χ1v) is 6.55. The molecule has 18 heavy (non-hydrogen) atoms. The lowest BCUT2D eigenvalue weighted by molar-refractivity contribution is -0.117. The van der Waals surface area contributed by atoms with E-state index in [4.69, 9.17) is 5.11 Å². The van der Waals surface area contributed by atoms with Gasteiger partial charge in [-0.2, -0.15) is 0 Å². The first-order chi connectivity index (χ1) is 8.42. The SMILES string of the molecule is CCC(C)CC(=O)Nc1cc(Br)cc(C(=O)O)c1. The Bertz CT molecular complexity index is 460. The van der Waals surface area contributed by atoms with Crippen LogP contribution >= 0.6 is 15.9 Å². The van der Waals surface area contributed by atoms with Gasteiger partial charge in [0.05, 0.1) is 5.56 Å². The molecule has 0 aliphatic heterocycles. The van der Waals surface area contributed by atoms with Gasteiger partial charge in [-0.3, -0.25) is 4.79 Å². The molecule has 0 bridgehead atoms. The number of benzene rings is 1. The Kier molecular flexibility index (Phi) is 5.34. The lowest BCUT2D eigenvalue weighted by atomic mass is 10.0. The molecule has 1 aromatic rings. The van der Waals surface area contributed by atoms with E-state index in [0.717, 1.165) is 6.42 Å². The highest BCUT2D eigenvalue weighted by Crippen LogP contribution is 2.20. The molecule has 1 unspecified atom stereocenters. The number of hydrogen-bond donors (Lipinski definition) is 2. The van der Waals surface area contributed by atoms with Crippen LogP contribution < -0.4 is 5.32 Å². The highest BCUT2D eigenvalue weighted by atomic mass is 79.9. The smallest absolute Gasteiger partial charge is 0.335 e. The Morgan fingerprint density at radius 1 is 1.39 bits per heavy atom. The predicted molar refractivity (Wildman–Crippen MR) is 73.8 cm³/mol. The molecule has 4 nitrogen and oxygen atoms in total. The number of carboxylic acids is 1. The standard InChI is InChI=1S/C13H16BrNO3/c1-3-8(2)4-12(16)15-11-6-9(13(17)18)5-10(14)7-11/h5-8H,3-4H2,1-2H3,(H,15,16)(H,17,18). The van der Waals surface area contributed by atoms with Gasteiger partial charge in [-0.05, 0) is 24.1 Å². The van der Waals surface area contributed by atoms with Gasteiger partial charge >= 0.3 is 5.97 Å². The number of halogens is 1. The Labute approximate surface area is 115 Å². The first-order valence-electron chi connectivity index (χ1n) is 5.76. The molecule has 2 N–H and O–H groups in total. The summed E-state index contributed by atoms with van der Waals surface area (Å²) in [6.07, 6.45) is 1.37. The number of carbonyl (C=O) groups excluding carboxylic acids is 1. The maximum absolute atomic E-state index is 11.7. The molecule has 0 aliphatic rings. The van der Waals surface area contributed by atoms with Crippen molar-refractivity contribution in [3.63, 3.8) is 0 Å². The van der Waals surface area contributed by atoms with Crippen molar-refractivity contribution in [2.75, 3.05) is 5.32 Å². The van der Waals surface area contributed by atoms with Crippen LogP contribution in [0.3, 0.4) is 0 Å². The summed E-state index contributed by atoms with van der Waals surface area (Å²) in [5.74, 6) is -0.802. The fourth-order valence-corrected chi connectivity index (χ4v) is 1.95. The van der Waals surface area contributed by atoms with Crippen LogP contribution in [0.2, 0.25) is 0 Å². The molecular formula is C13H16BrNO3. The molecule has 0 heterocycles. The van der Waals surface area contributed by atoms with Gasteiger partial charge in [0, 0.05) is 16.6 Å². The minimum absolute atomic E-state index is 0.0983. The third kappa shape index (κ3) is 4.49. The summed E-state index contributed by atoms with van der Waals surface area (Å²) in [7, 11) is 0. The summed E-state index contributed by atoms with van der Waals surface area (Å²) in [6.45, 7) is 4.03. The summed E-state index contributed by atoms with van der Waals surface area (Å²) >= 11 is 3.22. The van der Waals surface area contributed by atoms with Gasteiger partial charge in [-0.1, -0.05) is 36.2 Å². The number of carbonyl (C=O) groups is 2. The molecule has 1 atom stereocenters. The van der Waals surface area contributed by atoms with Gasteiger partial charge < -0.3 is 10.4 Å². The van der Waals surface area contributed by atoms with Crippen LogP contribution in [-0.4, -0.2) is 17.0 Å². The second-order valence-electron chi connectivity index (χ2n) is 4.30. The zero-order valence-corrected chi connectivity index (χ0v) is 12.0. The van der Waals surface area contributed by atoms with Crippen LogP contribution in [-0.2, 0) is 4.79 Å². The van der Waals surface area contributed by atoms with Crippen molar-refractivity contribution in [3.05, 3.63) is 28.2 Å². The quantitative estimate of drug-likeness (QED) is 0.874. The van der Waals surface area contributed by atoms with Gasteiger partial charge in [0.1, 0.15) is 0 Å². The summed E-state index contributed by atoms with van der Waals surface area (Å²) in [4.78, 5) is 22.6. The van der Waals surface area contributed by atoms with Crippen molar-refractivity contribution < 1.29 is 14.7 Å². The lowest BCUT2D eigenvalue weighted by Crippen LogP contribution is -2.15. The molecule has 0 radical (unpaired) electrons. The number of aromatic carboxylic acids is 1. The van der Waals surface area contributed by atoms with Crippen LogP contribution in [0.15, 0.2) is 22.7 Å². The van der Waals surface area contributed by atoms with Gasteiger partial charge in [0.2, 0.25) is 5.91 Å². The van der Waals surface area contributed by atoms with Crippen LogP contribution in [0.25, 0.3) is 0 Å². The zero-order chi connectivity index (χ0) is 13.7. The average Bonchev–Trinajstić information content (AvgIpc) is 2.27. The summed E-state index contributed by atoms with van der Waals surface area (Å²) < 4.78 is 0.626. The van der Waals surface area contributed by atoms with Crippen molar-refractivity contribution in [3.8, 4) is 0 Å². The minimum atomic E-state index is -1.02. The largest absolute Gasteiger partial charge is 0.478 e. The monoisotopic (exact) mass is 313 g/mol. The maximum atomic E-state index is 11.7. The van der Waals surface area contributed by atoms with Crippen molar-refractivity contribution in [1.82, 2.24) is 0 Å². The average molecular weight is 314 g/mol. The van der Waals surface area contributed by atoms with E-state index in [2.05, 4.69) is 21.2 Å². The second kappa shape index (κ2) is 6.54. The molecule has 1 amide bonds. The molecule has 98 valence electrons. The third-order valence-corrected chi connectivity index (χ3v) is 3.12. The van der Waals surface area contributed by atoms with E-state index in [1.807, 2.05) is 13.8 Å². The Morgan fingerprint density at radius 2 is 2.06 bits per heavy atom. The van der Waals surface area contributed by atoms with Crippen LogP contribution in [0.4, 0.5) is 5.69 Å². The Balaban J connectivity index is 2.78. The molecule has 0 spiro atoms. The fourth-order valence-electron chi connectivity index (χ4n) is 1.46. The van der Waals surface area contributed by atoms with E-state index in [9.17, 15) is 9.59 Å². The highest BCUT2D eigenvalue weighted by molar-refractivity contribution is 9.10. The van der Waals surface area contributed by atoms with Crippen molar-refractivity contribution in [1.29, 1.82) is 0 Å². The molecule has 1 rings (SSSR count). The number of rotatable bonds is 5. The number of anilines is 1. The van der Waals surface area contributed by atoms with Crippen molar-refractivity contribution in [2.24, 2.45) is 5.92 Å². The normalized spacial score (nSPS) is 11.9. The molecular weight excluding hydrogens is 298 g/mol. The van der Waals surface area contributed by atoms with Gasteiger partial charge in [0.25, 0.3) is 0 Å². The van der Waals surface area contributed by atoms with E-state index in [-0.39, 0.29) is 11.5 Å². The molecule has 0 aromatic heterocycles. The van der Waals surface area contributed by atoms with Crippen LogP contribution in [0.5, 0.6) is 0 Å². The number of amides is 1. The lowest BCUT2D eigenvalue weighted by Gasteiger charge is -2.10. The highest BCUT2D eigenvalue weighted by Gasteiger charge is 2.10. The molecule has 0 saturated carbocycles. The van der Waals surface area contributed by atoms with Crippen LogP contribution in [0.1, 0.15) is 37.0 Å². The van der Waals surface area contributed by atoms with Crippen molar-refractivity contribution >= 4 is 33.5 Å². The molecule has 0 aliphatic carbocycles. The molecule has 1 aromatic carbocycles. The fraction of sp³-hybridized carbons (Fsp3) is 0.385. The predicted octanol–water partition coefficient (Wildman–Crippen LogP) is 3.52. The maximum Gasteiger partial charge on any atom is 0.335 e. The molecule has 5 heteroatoms. The summed E-state index contributed by atoms with van der Waals surface area (Å²) in [5.41, 5.74) is 0.637. The van der Waals surface area contributed by atoms with E-state index < -0.39 is 5.97 Å². The van der Waals surface area contributed by atoms with E-state index in [1.54, 1.807) is 6.07 Å². The number of hydrogen-bond acceptors (Lipinski definition) is 2. The van der Waals surface area contributed by atoms with Crippen molar-refractivity contribution in [2.45, 2.75) is 26.7 Å². The molecule has 0 saturated heterocycles. The molecule has 0 fully saturated rings. The topological polar surface area (TPSA) is 66.4 Å². The van der Waals surface area contributed by atoms with E-state index >= 15 is 0 Å². The zero-order valence-electron chi connectivity index (χ0n) is 10.4. The summed E-state index contributed by atoms with van der Waals surface area (Å²) in [6, 6.07) is 4.62. The van der Waals surface area contributed by atoms with Crippen LogP contribution in [0, 0.1) is 5.92 Å². The van der Waals surface area contributed by atoms with Gasteiger partial charge in [-0.25, -0.2) is 4.79 Å². The minimum Gasteiger partial charge on any atom is -0.478 e. The van der Waals surface area contributed by atoms with Gasteiger partial charge in [0.15, 0.2) is 0 Å². The van der Waals surface area contributed by atoms with E-state index in [0.29, 0.717) is 22.5 Å². The third-order valence-electron chi connectivity index (χ3n) is 2.66. The Hall–Kier alpha value is -1.36. The van der Waals surface area contributed by atoms with E-state index in [1.165, 1.54) is 12.1 Å². The first kappa shape index (κ1) is 14.7. The Morgan fingerprint density at radius 3 is 2.61 bits per heavy atom. The number of carboxylic acid groups (broad SMARTS) is 1.